The fraction of sp³-hybridized carbons (Fsp3) is 0.842. The predicted octanol–water partition coefficient (Wildman–Crippen LogP) is 0.256. The van der Waals surface area contributed by atoms with Crippen molar-refractivity contribution in [2.45, 2.75) is 51.0 Å². The van der Waals surface area contributed by atoms with Crippen LogP contribution in [-0.2, 0) is 14.4 Å². The lowest BCUT2D eigenvalue weighted by molar-refractivity contribution is -0.130. The van der Waals surface area contributed by atoms with E-state index in [9.17, 15) is 14.4 Å². The third-order valence-electron chi connectivity index (χ3n) is 6.01. The van der Waals surface area contributed by atoms with Crippen LogP contribution in [0.15, 0.2) is 0 Å². The third-order valence-corrected chi connectivity index (χ3v) is 6.01. The maximum absolute atomic E-state index is 12.8. The normalized spacial score (nSPS) is 25.3. The Bertz CT molecular complexity index is 545. The highest BCUT2D eigenvalue weighted by Gasteiger charge is 2.50. The van der Waals surface area contributed by atoms with Crippen molar-refractivity contribution < 1.29 is 14.4 Å². The Kier molecular flexibility index (Phi) is 5.85. The molecule has 2 atom stereocenters. The van der Waals surface area contributed by atoms with Gasteiger partial charge in [0.05, 0.1) is 11.3 Å². The maximum atomic E-state index is 12.8. The molecule has 1 saturated heterocycles. The standard InChI is InChI=1S/C19H32N4O3/c1-23(2)10-9-19(7-8-19)18(26)22-15(13-3-4-13)12-21-17(25)14-5-6-16(24)20-11-14/h13-15H,3-12H2,1-2H3,(H,20,24)(H,21,25)(H,22,26). The molecule has 7 heteroatoms. The molecule has 0 aromatic heterocycles. The second kappa shape index (κ2) is 7.94. The van der Waals surface area contributed by atoms with Gasteiger partial charge in [-0.3, -0.25) is 14.4 Å². The van der Waals surface area contributed by atoms with E-state index in [2.05, 4.69) is 20.9 Å². The van der Waals surface area contributed by atoms with Crippen molar-refractivity contribution in [3.63, 3.8) is 0 Å². The summed E-state index contributed by atoms with van der Waals surface area (Å²) in [5, 5.41) is 8.98. The summed E-state index contributed by atoms with van der Waals surface area (Å²) in [7, 11) is 4.06. The highest BCUT2D eigenvalue weighted by atomic mass is 16.2. The molecular weight excluding hydrogens is 332 g/mol. The van der Waals surface area contributed by atoms with Gasteiger partial charge in [-0.2, -0.15) is 0 Å². The van der Waals surface area contributed by atoms with Crippen LogP contribution in [0.5, 0.6) is 0 Å². The lowest BCUT2D eigenvalue weighted by atomic mass is 9.98. The molecule has 7 nitrogen and oxygen atoms in total. The maximum Gasteiger partial charge on any atom is 0.226 e. The minimum absolute atomic E-state index is 0.0151. The van der Waals surface area contributed by atoms with E-state index >= 15 is 0 Å². The first-order chi connectivity index (χ1) is 12.4. The van der Waals surface area contributed by atoms with Gasteiger partial charge in [-0.05, 0) is 65.1 Å². The Hall–Kier alpha value is -1.63. The van der Waals surface area contributed by atoms with E-state index in [0.717, 1.165) is 38.6 Å². The quantitative estimate of drug-likeness (QED) is 0.547. The van der Waals surface area contributed by atoms with Gasteiger partial charge in [0.15, 0.2) is 0 Å². The lowest BCUT2D eigenvalue weighted by Gasteiger charge is -2.26. The average molecular weight is 364 g/mol. The summed E-state index contributed by atoms with van der Waals surface area (Å²) in [6.45, 7) is 1.83. The smallest absolute Gasteiger partial charge is 0.226 e. The van der Waals surface area contributed by atoms with Crippen LogP contribution < -0.4 is 16.0 Å². The number of rotatable bonds is 9. The Labute approximate surface area is 155 Å². The number of carbonyl (C=O) groups excluding carboxylic acids is 3. The molecule has 3 N–H and O–H groups in total. The molecule has 0 aromatic rings. The van der Waals surface area contributed by atoms with Gasteiger partial charge in [0, 0.05) is 25.6 Å². The molecular formula is C19H32N4O3. The number of piperidine rings is 1. The van der Waals surface area contributed by atoms with Gasteiger partial charge < -0.3 is 20.9 Å². The topological polar surface area (TPSA) is 90.5 Å². The number of hydrogen-bond acceptors (Lipinski definition) is 4. The third kappa shape index (κ3) is 4.96. The molecule has 0 bridgehead atoms. The van der Waals surface area contributed by atoms with Gasteiger partial charge in [0.2, 0.25) is 17.7 Å². The number of nitrogens with zero attached hydrogens (tertiary/aromatic N) is 1. The van der Waals surface area contributed by atoms with Crippen LogP contribution in [0, 0.1) is 17.3 Å². The van der Waals surface area contributed by atoms with Gasteiger partial charge in [-0.15, -0.1) is 0 Å². The molecule has 0 aromatic carbocycles. The van der Waals surface area contributed by atoms with Crippen LogP contribution in [-0.4, -0.2) is 62.4 Å². The fourth-order valence-corrected chi connectivity index (χ4v) is 3.65. The summed E-state index contributed by atoms with van der Waals surface area (Å²) in [5.41, 5.74) is -0.185. The van der Waals surface area contributed by atoms with Crippen molar-refractivity contribution in [2.75, 3.05) is 33.7 Å². The molecule has 2 aliphatic carbocycles. The predicted molar refractivity (Wildman–Crippen MR) is 98.2 cm³/mol. The molecule has 0 spiro atoms. The van der Waals surface area contributed by atoms with Gasteiger partial charge >= 0.3 is 0 Å². The second-order valence-electron chi connectivity index (χ2n) is 8.54. The first-order valence-corrected chi connectivity index (χ1v) is 9.90. The summed E-state index contributed by atoms with van der Waals surface area (Å²) in [6.07, 6.45) is 6.09. The highest BCUT2D eigenvalue weighted by molar-refractivity contribution is 5.86. The molecule has 2 unspecified atom stereocenters. The summed E-state index contributed by atoms with van der Waals surface area (Å²) in [4.78, 5) is 38.5. The van der Waals surface area contributed by atoms with Crippen LogP contribution in [0.3, 0.4) is 0 Å². The Balaban J connectivity index is 1.46. The lowest BCUT2D eigenvalue weighted by Crippen LogP contribution is -2.50. The summed E-state index contributed by atoms with van der Waals surface area (Å²) in [5.74, 6) is 0.492. The Morgan fingerprint density at radius 1 is 1.27 bits per heavy atom. The zero-order valence-electron chi connectivity index (χ0n) is 16.0. The number of hydrogen-bond donors (Lipinski definition) is 3. The average Bonchev–Trinajstić information content (AvgIpc) is 3.51. The van der Waals surface area contributed by atoms with Crippen molar-refractivity contribution >= 4 is 17.7 Å². The van der Waals surface area contributed by atoms with Crippen LogP contribution in [0.25, 0.3) is 0 Å². The largest absolute Gasteiger partial charge is 0.355 e. The SMILES string of the molecule is CN(C)CCC1(C(=O)NC(CNC(=O)C2CCC(=O)NC2)C2CC2)CC1. The molecule has 146 valence electrons. The summed E-state index contributed by atoms with van der Waals surface area (Å²) < 4.78 is 0. The summed E-state index contributed by atoms with van der Waals surface area (Å²) in [6, 6.07) is 0.0291. The van der Waals surface area contributed by atoms with Gasteiger partial charge in [0.1, 0.15) is 0 Å². The van der Waals surface area contributed by atoms with E-state index in [-0.39, 0.29) is 35.1 Å². The van der Waals surface area contributed by atoms with Crippen molar-refractivity contribution in [1.29, 1.82) is 0 Å². The van der Waals surface area contributed by atoms with Crippen molar-refractivity contribution in [1.82, 2.24) is 20.9 Å². The van der Waals surface area contributed by atoms with Gasteiger partial charge in [-0.25, -0.2) is 0 Å². The van der Waals surface area contributed by atoms with Gasteiger partial charge in [0.25, 0.3) is 0 Å². The minimum Gasteiger partial charge on any atom is -0.355 e. The molecule has 3 amide bonds. The van der Waals surface area contributed by atoms with Crippen LogP contribution in [0.1, 0.15) is 44.9 Å². The Morgan fingerprint density at radius 2 is 2.00 bits per heavy atom. The van der Waals surface area contributed by atoms with Crippen molar-refractivity contribution in [2.24, 2.45) is 17.3 Å². The van der Waals surface area contributed by atoms with Crippen molar-refractivity contribution in [3.8, 4) is 0 Å². The number of nitrogens with one attached hydrogen (secondary N) is 3. The first kappa shape index (κ1) is 19.1. The monoisotopic (exact) mass is 364 g/mol. The van der Waals surface area contributed by atoms with E-state index in [1.807, 2.05) is 14.1 Å². The molecule has 26 heavy (non-hydrogen) atoms. The second-order valence-corrected chi connectivity index (χ2v) is 8.54. The highest BCUT2D eigenvalue weighted by Crippen LogP contribution is 2.49. The zero-order valence-corrected chi connectivity index (χ0v) is 16.0. The first-order valence-electron chi connectivity index (χ1n) is 9.90. The van der Waals surface area contributed by atoms with E-state index in [1.165, 1.54) is 0 Å². The molecule has 3 aliphatic rings. The van der Waals surface area contributed by atoms with Gasteiger partial charge in [-0.1, -0.05) is 0 Å². The molecule has 1 aliphatic heterocycles. The van der Waals surface area contributed by atoms with E-state index in [1.54, 1.807) is 0 Å². The van der Waals surface area contributed by atoms with Crippen LogP contribution in [0.2, 0.25) is 0 Å². The molecule has 2 saturated carbocycles. The van der Waals surface area contributed by atoms with Crippen molar-refractivity contribution in [3.05, 3.63) is 0 Å². The van der Waals surface area contributed by atoms with E-state index in [0.29, 0.717) is 31.8 Å². The fourth-order valence-electron chi connectivity index (χ4n) is 3.65. The molecule has 1 heterocycles. The molecule has 3 fully saturated rings. The minimum atomic E-state index is -0.185. The van der Waals surface area contributed by atoms with Crippen LogP contribution >= 0.6 is 0 Å². The molecule has 0 radical (unpaired) electrons. The zero-order chi connectivity index (χ0) is 18.7. The summed E-state index contributed by atoms with van der Waals surface area (Å²) >= 11 is 0. The van der Waals surface area contributed by atoms with E-state index in [4.69, 9.17) is 0 Å². The number of carbonyl (C=O) groups is 3. The van der Waals surface area contributed by atoms with Crippen LogP contribution in [0.4, 0.5) is 0 Å². The Morgan fingerprint density at radius 3 is 2.54 bits per heavy atom. The number of amides is 3. The molecule has 3 rings (SSSR count). The van der Waals surface area contributed by atoms with E-state index < -0.39 is 0 Å².